The van der Waals surface area contributed by atoms with Crippen molar-refractivity contribution in [3.05, 3.63) is 40.6 Å². The van der Waals surface area contributed by atoms with E-state index in [1.54, 1.807) is 12.3 Å². The zero-order valence-electron chi connectivity index (χ0n) is 7.64. The number of halogens is 1. The van der Waals surface area contributed by atoms with Gasteiger partial charge in [0.2, 0.25) is 5.78 Å². The predicted molar refractivity (Wildman–Crippen MR) is 56.4 cm³/mol. The number of pyridine rings is 1. The second kappa shape index (κ2) is 4.31. The SMILES string of the molecule is O=C(Cc1ncccc1Br)c1ncn[nH]1. The molecule has 0 aliphatic rings. The van der Waals surface area contributed by atoms with Crippen LogP contribution < -0.4 is 0 Å². The monoisotopic (exact) mass is 266 g/mol. The number of hydrogen-bond donors (Lipinski definition) is 1. The van der Waals surface area contributed by atoms with E-state index in [4.69, 9.17) is 0 Å². The van der Waals surface area contributed by atoms with Crippen molar-refractivity contribution >= 4 is 21.7 Å². The van der Waals surface area contributed by atoms with E-state index in [-0.39, 0.29) is 18.0 Å². The van der Waals surface area contributed by atoms with Gasteiger partial charge in [-0.3, -0.25) is 14.9 Å². The van der Waals surface area contributed by atoms with E-state index in [2.05, 4.69) is 36.1 Å². The van der Waals surface area contributed by atoms with Gasteiger partial charge >= 0.3 is 0 Å². The van der Waals surface area contributed by atoms with Crippen molar-refractivity contribution in [3.8, 4) is 0 Å². The van der Waals surface area contributed by atoms with Crippen LogP contribution in [-0.4, -0.2) is 25.9 Å². The maximum atomic E-state index is 11.6. The smallest absolute Gasteiger partial charge is 0.205 e. The van der Waals surface area contributed by atoms with Gasteiger partial charge in [-0.15, -0.1) is 0 Å². The van der Waals surface area contributed by atoms with E-state index in [0.29, 0.717) is 5.69 Å². The van der Waals surface area contributed by atoms with Gasteiger partial charge in [0, 0.05) is 10.7 Å². The van der Waals surface area contributed by atoms with Gasteiger partial charge in [-0.1, -0.05) is 0 Å². The second-order valence-electron chi connectivity index (χ2n) is 2.87. The Morgan fingerprint density at radius 2 is 2.33 bits per heavy atom. The first-order valence-electron chi connectivity index (χ1n) is 4.25. The average Bonchev–Trinajstić information content (AvgIpc) is 2.74. The van der Waals surface area contributed by atoms with Crippen LogP contribution in [0, 0.1) is 0 Å². The number of hydrogen-bond acceptors (Lipinski definition) is 4. The number of rotatable bonds is 3. The number of carbonyl (C=O) groups excluding carboxylic acids is 1. The van der Waals surface area contributed by atoms with Gasteiger partial charge in [0.1, 0.15) is 6.33 Å². The molecule has 0 bridgehead atoms. The van der Waals surface area contributed by atoms with Gasteiger partial charge in [-0.2, -0.15) is 5.10 Å². The molecule has 0 aliphatic heterocycles. The third-order valence-electron chi connectivity index (χ3n) is 1.84. The van der Waals surface area contributed by atoms with Gasteiger partial charge in [-0.25, -0.2) is 4.98 Å². The minimum absolute atomic E-state index is 0.132. The molecule has 0 saturated carbocycles. The van der Waals surface area contributed by atoms with E-state index >= 15 is 0 Å². The normalized spacial score (nSPS) is 10.2. The molecular formula is C9H7BrN4O. The minimum atomic E-state index is -0.132. The number of ketones is 1. The van der Waals surface area contributed by atoms with Crippen molar-refractivity contribution in [3.63, 3.8) is 0 Å². The van der Waals surface area contributed by atoms with Crippen LogP contribution in [0.2, 0.25) is 0 Å². The highest BCUT2D eigenvalue weighted by Gasteiger charge is 2.12. The van der Waals surface area contributed by atoms with Gasteiger partial charge in [0.05, 0.1) is 12.1 Å². The summed E-state index contributed by atoms with van der Waals surface area (Å²) >= 11 is 3.33. The summed E-state index contributed by atoms with van der Waals surface area (Å²) in [5.41, 5.74) is 0.693. The molecule has 0 radical (unpaired) electrons. The summed E-state index contributed by atoms with van der Waals surface area (Å²) < 4.78 is 0.817. The first-order valence-corrected chi connectivity index (χ1v) is 5.04. The molecule has 2 aromatic rings. The van der Waals surface area contributed by atoms with Crippen LogP contribution in [0.25, 0.3) is 0 Å². The molecule has 0 amide bonds. The molecule has 0 unspecified atom stereocenters. The fraction of sp³-hybridized carbons (Fsp3) is 0.111. The lowest BCUT2D eigenvalue weighted by Crippen LogP contribution is -2.07. The Hall–Kier alpha value is -1.56. The largest absolute Gasteiger partial charge is 0.290 e. The highest BCUT2D eigenvalue weighted by molar-refractivity contribution is 9.10. The predicted octanol–water partition coefficient (Wildman–Crippen LogP) is 1.39. The zero-order chi connectivity index (χ0) is 10.7. The van der Waals surface area contributed by atoms with E-state index < -0.39 is 0 Å². The second-order valence-corrected chi connectivity index (χ2v) is 3.72. The molecule has 0 saturated heterocycles. The summed E-state index contributed by atoms with van der Waals surface area (Å²) in [7, 11) is 0. The standard InChI is InChI=1S/C9H7BrN4O/c10-6-2-1-3-11-7(6)4-8(15)9-12-5-13-14-9/h1-3,5H,4H2,(H,12,13,14). The summed E-state index contributed by atoms with van der Waals surface area (Å²) in [5, 5.41) is 6.14. The van der Waals surface area contributed by atoms with Gasteiger partial charge in [0.25, 0.3) is 0 Å². The van der Waals surface area contributed by atoms with Crippen molar-refractivity contribution in [2.24, 2.45) is 0 Å². The number of Topliss-reactive ketones (excluding diaryl/α,β-unsaturated/α-hetero) is 1. The molecule has 15 heavy (non-hydrogen) atoms. The third-order valence-corrected chi connectivity index (χ3v) is 2.56. The van der Waals surface area contributed by atoms with Crippen LogP contribution in [0.1, 0.15) is 16.3 Å². The van der Waals surface area contributed by atoms with Crippen LogP contribution in [0.4, 0.5) is 0 Å². The Labute approximate surface area is 94.1 Å². The summed E-state index contributed by atoms with van der Waals surface area (Å²) in [6.07, 6.45) is 3.16. The zero-order valence-corrected chi connectivity index (χ0v) is 9.23. The van der Waals surface area contributed by atoms with Crippen molar-refractivity contribution < 1.29 is 4.79 Å². The first-order chi connectivity index (χ1) is 7.27. The fourth-order valence-corrected chi connectivity index (χ4v) is 1.52. The third kappa shape index (κ3) is 2.27. The molecule has 76 valence electrons. The lowest BCUT2D eigenvalue weighted by molar-refractivity contribution is 0.0982. The number of aromatic amines is 1. The number of nitrogens with one attached hydrogen (secondary N) is 1. The fourth-order valence-electron chi connectivity index (χ4n) is 1.12. The van der Waals surface area contributed by atoms with Crippen molar-refractivity contribution in [1.82, 2.24) is 20.2 Å². The number of aromatic nitrogens is 4. The van der Waals surface area contributed by atoms with E-state index in [0.717, 1.165) is 4.47 Å². The van der Waals surface area contributed by atoms with Gasteiger partial charge in [0.15, 0.2) is 5.82 Å². The maximum Gasteiger partial charge on any atom is 0.205 e. The molecular weight excluding hydrogens is 260 g/mol. The molecule has 2 heterocycles. The minimum Gasteiger partial charge on any atom is -0.290 e. The number of nitrogens with zero attached hydrogens (tertiary/aromatic N) is 3. The summed E-state index contributed by atoms with van der Waals surface area (Å²) in [6, 6.07) is 3.64. The molecule has 1 N–H and O–H groups in total. The lowest BCUT2D eigenvalue weighted by Gasteiger charge is -1.99. The van der Waals surface area contributed by atoms with Gasteiger partial charge < -0.3 is 0 Å². The molecule has 0 spiro atoms. The number of H-pyrrole nitrogens is 1. The molecule has 5 nitrogen and oxygen atoms in total. The quantitative estimate of drug-likeness (QED) is 0.853. The Morgan fingerprint density at radius 3 is 3.00 bits per heavy atom. The Bertz CT molecular complexity index is 469. The summed E-state index contributed by atoms with van der Waals surface area (Å²) in [6.45, 7) is 0. The molecule has 2 rings (SSSR count). The highest BCUT2D eigenvalue weighted by atomic mass is 79.9. The molecule has 6 heteroatoms. The van der Waals surface area contributed by atoms with Crippen LogP contribution >= 0.6 is 15.9 Å². The molecule has 2 aromatic heterocycles. The van der Waals surface area contributed by atoms with Gasteiger partial charge in [-0.05, 0) is 28.1 Å². The average molecular weight is 267 g/mol. The van der Waals surface area contributed by atoms with E-state index in [1.807, 2.05) is 6.07 Å². The van der Waals surface area contributed by atoms with E-state index in [1.165, 1.54) is 6.33 Å². The van der Waals surface area contributed by atoms with Crippen molar-refractivity contribution in [2.45, 2.75) is 6.42 Å². The van der Waals surface area contributed by atoms with Crippen LogP contribution in [-0.2, 0) is 6.42 Å². The van der Waals surface area contributed by atoms with Crippen LogP contribution in [0.5, 0.6) is 0 Å². The van der Waals surface area contributed by atoms with Crippen LogP contribution in [0.15, 0.2) is 29.1 Å². The number of carbonyl (C=O) groups is 1. The molecule has 0 aromatic carbocycles. The Balaban J connectivity index is 2.17. The maximum absolute atomic E-state index is 11.6. The van der Waals surface area contributed by atoms with Crippen molar-refractivity contribution in [1.29, 1.82) is 0 Å². The summed E-state index contributed by atoms with van der Waals surface area (Å²) in [4.78, 5) is 19.5. The first kappa shape index (κ1) is 9.97. The van der Waals surface area contributed by atoms with Crippen molar-refractivity contribution in [2.75, 3.05) is 0 Å². The van der Waals surface area contributed by atoms with Crippen LogP contribution in [0.3, 0.4) is 0 Å². The molecule has 0 fully saturated rings. The summed E-state index contributed by atoms with van der Waals surface area (Å²) in [5.74, 6) is 0.124. The Kier molecular flexibility index (Phi) is 2.86. The lowest BCUT2D eigenvalue weighted by atomic mass is 10.2. The molecule has 0 atom stereocenters. The topological polar surface area (TPSA) is 71.5 Å². The Morgan fingerprint density at radius 1 is 1.47 bits per heavy atom. The van der Waals surface area contributed by atoms with E-state index in [9.17, 15) is 4.79 Å². The highest BCUT2D eigenvalue weighted by Crippen LogP contribution is 2.14. The molecule has 0 aliphatic carbocycles.